The quantitative estimate of drug-likeness (QED) is 0.325. The summed E-state index contributed by atoms with van der Waals surface area (Å²) in [5.74, 6) is 0. The van der Waals surface area contributed by atoms with E-state index in [9.17, 15) is 0 Å². The Morgan fingerprint density at radius 2 is 1.03 bits per heavy atom. The zero-order valence-electron chi connectivity index (χ0n) is 23.5. The summed E-state index contributed by atoms with van der Waals surface area (Å²) < 4.78 is 3.06. The Kier molecular flexibility index (Phi) is 5.35. The van der Waals surface area contributed by atoms with E-state index in [2.05, 4.69) is 134 Å². The van der Waals surface area contributed by atoms with E-state index in [0.717, 1.165) is 0 Å². The Labute approximate surface area is 236 Å². The van der Waals surface area contributed by atoms with Gasteiger partial charge in [-0.3, -0.25) is 0 Å². The maximum atomic E-state index is 2.70. The second-order valence-corrected chi connectivity index (χ2v) is 15.6. The third kappa shape index (κ3) is 3.38. The first-order chi connectivity index (χ1) is 18.1. The van der Waals surface area contributed by atoms with E-state index in [1.54, 1.807) is 0 Å². The second kappa shape index (κ2) is 8.28. The number of fused-ring (bicyclic) bond motifs is 7. The third-order valence-corrected chi connectivity index (χ3v) is 13.1. The summed E-state index contributed by atoms with van der Waals surface area (Å²) in [5.41, 5.74) is 5.12. The van der Waals surface area contributed by atoms with Crippen LogP contribution >= 0.6 is 0 Å². The van der Waals surface area contributed by atoms with Crippen molar-refractivity contribution in [3.05, 3.63) is 95.6 Å². The fraction of sp³-hybridized carbons (Fsp3) is 0.455. The monoisotopic (exact) mass is 687 g/mol. The molecule has 7 rings (SSSR count). The summed E-state index contributed by atoms with van der Waals surface area (Å²) in [6.45, 7) is 14.4. The topological polar surface area (TPSA) is 13.0 Å². The van der Waals surface area contributed by atoms with E-state index in [0.29, 0.717) is 12.1 Å². The Morgan fingerprint density at radius 3 is 1.47 bits per heavy atom. The van der Waals surface area contributed by atoms with Crippen LogP contribution in [0.1, 0.15) is 89.5 Å². The molecule has 1 aliphatic carbocycles. The van der Waals surface area contributed by atoms with Gasteiger partial charge in [-0.1, -0.05) is 0 Å². The van der Waals surface area contributed by atoms with Gasteiger partial charge >= 0.3 is 237 Å². The Bertz CT molecular complexity index is 1340. The molecule has 38 heavy (non-hydrogen) atoms. The molecule has 202 valence electrons. The van der Waals surface area contributed by atoms with Crippen LogP contribution in [-0.4, -0.2) is 40.0 Å². The first-order valence-electron chi connectivity index (χ1n) is 14.2. The van der Waals surface area contributed by atoms with Crippen LogP contribution in [0.2, 0.25) is 0 Å². The van der Waals surface area contributed by atoms with E-state index in [1.165, 1.54) is 56.2 Å². The van der Waals surface area contributed by atoms with Crippen LogP contribution in [0, 0.1) is 0 Å². The first kappa shape index (κ1) is 24.6. The molecule has 0 radical (unpaired) electrons. The molecular weight excluding hydrogens is 647 g/mol. The summed E-state index contributed by atoms with van der Waals surface area (Å²) in [7, 11) is 0. The molecule has 5 aliphatic rings. The fourth-order valence-corrected chi connectivity index (χ4v) is 11.3. The summed E-state index contributed by atoms with van der Waals surface area (Å²) in [6, 6.07) is 19.9. The number of nitrogens with zero attached hydrogens (tertiary/aromatic N) is 4. The zero-order valence-corrected chi connectivity index (χ0v) is 25.8. The van der Waals surface area contributed by atoms with Gasteiger partial charge in [0.05, 0.1) is 0 Å². The van der Waals surface area contributed by atoms with E-state index >= 15 is 0 Å². The molecule has 2 atom stereocenters. The number of hydrogen-bond acceptors (Lipinski definition) is 4. The molecule has 2 aromatic rings. The first-order valence-corrected chi connectivity index (χ1v) is 16.4. The van der Waals surface area contributed by atoms with Crippen LogP contribution in [0.25, 0.3) is 0 Å². The normalized spacial score (nSPS) is 28.1. The molecular formula is C33H40N4Pt. The van der Waals surface area contributed by atoms with E-state index in [1.807, 2.05) is 0 Å². The molecule has 0 aromatic heterocycles. The Hall–Kier alpha value is -2.45. The zero-order chi connectivity index (χ0) is 26.4. The molecule has 0 saturated heterocycles. The molecule has 1 fully saturated rings. The predicted octanol–water partition coefficient (Wildman–Crippen LogP) is 6.26. The van der Waals surface area contributed by atoms with Crippen molar-refractivity contribution < 1.29 is 17.6 Å². The molecule has 0 N–H and O–H groups in total. The minimum atomic E-state index is -0.449. The van der Waals surface area contributed by atoms with Gasteiger partial charge in [-0.25, -0.2) is 0 Å². The second-order valence-electron chi connectivity index (χ2n) is 13.0. The van der Waals surface area contributed by atoms with Gasteiger partial charge in [-0.05, 0) is 0 Å². The number of benzene rings is 2. The van der Waals surface area contributed by atoms with Crippen LogP contribution < -0.4 is 0 Å². The molecule has 4 heterocycles. The van der Waals surface area contributed by atoms with Crippen molar-refractivity contribution in [3.63, 3.8) is 0 Å². The molecule has 0 spiro atoms. The summed E-state index contributed by atoms with van der Waals surface area (Å²) in [4.78, 5) is 10.7. The van der Waals surface area contributed by atoms with Gasteiger partial charge in [0.25, 0.3) is 0 Å². The SMILES string of the molecule is CC1(C)c2cccc(c2)C(C)(C)N2C=CN3[C]2=[Pt]=[C]2N(C=CN2C(C)(C)c2cccc1c2)C1CCCCC13. The molecule has 4 nitrogen and oxygen atoms in total. The Balaban J connectivity index is 1.52. The molecule has 5 heteroatoms. The van der Waals surface area contributed by atoms with E-state index < -0.39 is 17.6 Å². The number of rotatable bonds is 0. The van der Waals surface area contributed by atoms with Crippen molar-refractivity contribution in [1.82, 2.24) is 19.6 Å². The summed E-state index contributed by atoms with van der Waals surface area (Å²) >= 11 is -0.449. The van der Waals surface area contributed by atoms with Crippen molar-refractivity contribution in [2.75, 3.05) is 0 Å². The molecule has 2 aromatic carbocycles. The summed E-state index contributed by atoms with van der Waals surface area (Å²) in [5, 5.41) is 0. The summed E-state index contributed by atoms with van der Waals surface area (Å²) in [6.07, 6.45) is 14.8. The molecule has 6 bridgehead atoms. The van der Waals surface area contributed by atoms with Crippen molar-refractivity contribution in [1.29, 1.82) is 0 Å². The molecule has 2 unspecified atom stereocenters. The van der Waals surface area contributed by atoms with Gasteiger partial charge in [0.1, 0.15) is 0 Å². The van der Waals surface area contributed by atoms with Crippen molar-refractivity contribution in [2.45, 2.75) is 95.8 Å². The van der Waals surface area contributed by atoms with Crippen molar-refractivity contribution in [2.24, 2.45) is 0 Å². The van der Waals surface area contributed by atoms with Crippen LogP contribution in [0.4, 0.5) is 0 Å². The molecule has 4 aliphatic heterocycles. The average Bonchev–Trinajstić information content (AvgIpc) is 3.51. The van der Waals surface area contributed by atoms with Gasteiger partial charge in [-0.15, -0.1) is 0 Å². The van der Waals surface area contributed by atoms with Crippen molar-refractivity contribution in [3.8, 4) is 0 Å². The number of hydrogen-bond donors (Lipinski definition) is 0. The van der Waals surface area contributed by atoms with Crippen molar-refractivity contribution >= 4 is 8.29 Å². The van der Waals surface area contributed by atoms with Crippen LogP contribution in [0.5, 0.6) is 0 Å². The van der Waals surface area contributed by atoms with Gasteiger partial charge in [-0.2, -0.15) is 0 Å². The predicted molar refractivity (Wildman–Crippen MR) is 153 cm³/mol. The van der Waals surface area contributed by atoms with E-state index in [4.69, 9.17) is 0 Å². The van der Waals surface area contributed by atoms with Crippen LogP contribution in [0.3, 0.4) is 0 Å². The van der Waals surface area contributed by atoms with Crippen LogP contribution in [0.15, 0.2) is 73.3 Å². The molecule has 1 saturated carbocycles. The van der Waals surface area contributed by atoms with Gasteiger partial charge < -0.3 is 0 Å². The average molecular weight is 688 g/mol. The van der Waals surface area contributed by atoms with Gasteiger partial charge in [0.15, 0.2) is 0 Å². The van der Waals surface area contributed by atoms with Gasteiger partial charge in [0.2, 0.25) is 0 Å². The fourth-order valence-electron chi connectivity index (χ4n) is 7.01. The third-order valence-electron chi connectivity index (χ3n) is 9.85. The van der Waals surface area contributed by atoms with Gasteiger partial charge in [0, 0.05) is 0 Å². The standard InChI is InChI=1S/C33H40N4.Pt/c1-31(2)25-11-9-13-27(21-25)32(3,4)36-19-17-34(23-36)29-15-7-8-16-30(29)35-18-20-37(24-35)33(5,6)28-14-10-12-26(31)22-28;/h9-14,17-22,29-30H,7-8,15-16H2,1-6H3;. The Morgan fingerprint density at radius 1 is 0.605 bits per heavy atom. The minimum absolute atomic E-state index is 0.100. The van der Waals surface area contributed by atoms with E-state index in [-0.39, 0.29) is 16.5 Å². The molecule has 0 amide bonds. The maximum absolute atomic E-state index is 2.70. The van der Waals surface area contributed by atoms with Crippen LogP contribution in [-0.2, 0) is 34.1 Å².